The number of nitrogens with one attached hydrogen (secondary N) is 2. The van der Waals surface area contributed by atoms with Crippen LogP contribution in [0, 0.1) is 10.1 Å². The van der Waals surface area contributed by atoms with Crippen LogP contribution in [-0.4, -0.2) is 43.6 Å². The summed E-state index contributed by atoms with van der Waals surface area (Å²) < 4.78 is 23.0. The lowest BCUT2D eigenvalue weighted by atomic mass is 10.2. The Kier molecular flexibility index (Phi) is 8.09. The van der Waals surface area contributed by atoms with Gasteiger partial charge in [0, 0.05) is 37.3 Å². The van der Waals surface area contributed by atoms with Gasteiger partial charge in [0.05, 0.1) is 9.82 Å². The van der Waals surface area contributed by atoms with Crippen LogP contribution in [0.4, 0.5) is 11.4 Å². The second kappa shape index (κ2) is 9.60. The van der Waals surface area contributed by atoms with Gasteiger partial charge in [-0.15, -0.1) is 23.7 Å². The van der Waals surface area contributed by atoms with Crippen LogP contribution in [0.2, 0.25) is 0 Å². The molecule has 27 heavy (non-hydrogen) atoms. The molecule has 1 aromatic heterocycles. The highest BCUT2D eigenvalue weighted by Crippen LogP contribution is 2.27. The molecular weight excluding hydrogens is 418 g/mol. The van der Waals surface area contributed by atoms with Gasteiger partial charge in [0.25, 0.3) is 11.6 Å². The van der Waals surface area contributed by atoms with E-state index in [4.69, 9.17) is 5.73 Å². The van der Waals surface area contributed by atoms with Gasteiger partial charge in [-0.25, -0.2) is 13.4 Å². The normalized spacial score (nSPS) is 10.7. The molecule has 10 nitrogen and oxygen atoms in total. The smallest absolute Gasteiger partial charge is 0.293 e. The predicted octanol–water partition coefficient (Wildman–Crippen LogP) is 1.18. The van der Waals surface area contributed by atoms with Crippen molar-refractivity contribution < 1.29 is 18.1 Å². The monoisotopic (exact) mass is 435 g/mol. The van der Waals surface area contributed by atoms with Crippen molar-refractivity contribution in [3.63, 3.8) is 0 Å². The van der Waals surface area contributed by atoms with Crippen LogP contribution in [0.1, 0.15) is 15.5 Å². The molecule has 0 unspecified atom stereocenters. The van der Waals surface area contributed by atoms with Crippen LogP contribution < -0.4 is 16.4 Å². The Morgan fingerprint density at radius 2 is 2.07 bits per heavy atom. The van der Waals surface area contributed by atoms with Gasteiger partial charge < -0.3 is 16.4 Å². The first-order chi connectivity index (χ1) is 12.2. The molecule has 0 atom stereocenters. The second-order valence-corrected chi connectivity index (χ2v) is 8.18. The minimum absolute atomic E-state index is 0. The van der Waals surface area contributed by atoms with Crippen LogP contribution in [0.5, 0.6) is 0 Å². The van der Waals surface area contributed by atoms with Gasteiger partial charge in [0.15, 0.2) is 9.84 Å². The number of rotatable bonds is 8. The van der Waals surface area contributed by atoms with E-state index in [0.29, 0.717) is 5.01 Å². The van der Waals surface area contributed by atoms with Crippen molar-refractivity contribution in [3.8, 4) is 0 Å². The molecule has 0 saturated heterocycles. The van der Waals surface area contributed by atoms with E-state index in [1.807, 2.05) is 0 Å². The van der Waals surface area contributed by atoms with Crippen LogP contribution in [0.15, 0.2) is 28.5 Å². The molecular formula is C14H18ClN5O5S2. The van der Waals surface area contributed by atoms with Crippen LogP contribution in [0.25, 0.3) is 0 Å². The minimum Gasteiger partial charge on any atom is -0.378 e. The van der Waals surface area contributed by atoms with E-state index < -0.39 is 14.8 Å². The maximum atomic E-state index is 11.9. The number of halogens is 1. The van der Waals surface area contributed by atoms with Gasteiger partial charge in [-0.05, 0) is 12.1 Å². The Labute approximate surface area is 165 Å². The molecule has 0 aliphatic heterocycles. The number of carbonyl (C=O) groups is 1. The molecule has 148 valence electrons. The molecule has 2 aromatic rings. The number of anilines is 1. The first-order valence-corrected chi connectivity index (χ1v) is 10.1. The Bertz CT molecular complexity index is 932. The Hall–Kier alpha value is -2.28. The number of carbonyl (C=O) groups excluding carboxylic acids is 1. The zero-order chi connectivity index (χ0) is 19.3. The number of aromatic nitrogens is 1. The van der Waals surface area contributed by atoms with Gasteiger partial charge in [0.1, 0.15) is 16.4 Å². The molecule has 0 aliphatic rings. The Morgan fingerprint density at radius 3 is 2.63 bits per heavy atom. The lowest BCUT2D eigenvalue weighted by Gasteiger charge is -2.09. The summed E-state index contributed by atoms with van der Waals surface area (Å²) in [5.41, 5.74) is 5.51. The molecule has 1 amide bonds. The van der Waals surface area contributed by atoms with E-state index in [0.717, 1.165) is 12.3 Å². The number of amides is 1. The molecule has 0 bridgehead atoms. The van der Waals surface area contributed by atoms with Crippen molar-refractivity contribution in [2.45, 2.75) is 11.4 Å². The van der Waals surface area contributed by atoms with Crippen molar-refractivity contribution in [2.24, 2.45) is 5.73 Å². The summed E-state index contributed by atoms with van der Waals surface area (Å²) in [7, 11) is -3.55. The summed E-state index contributed by atoms with van der Waals surface area (Å²) in [5, 5.41) is 18.8. The highest BCUT2D eigenvalue weighted by atomic mass is 35.5. The Morgan fingerprint density at radius 1 is 1.37 bits per heavy atom. The maximum Gasteiger partial charge on any atom is 0.293 e. The molecule has 1 heterocycles. The van der Waals surface area contributed by atoms with Crippen molar-refractivity contribution in [1.29, 1.82) is 0 Å². The summed E-state index contributed by atoms with van der Waals surface area (Å²) in [6, 6.07) is 3.61. The van der Waals surface area contributed by atoms with Crippen molar-refractivity contribution in [1.82, 2.24) is 10.3 Å². The zero-order valence-corrected chi connectivity index (χ0v) is 16.6. The van der Waals surface area contributed by atoms with Crippen molar-refractivity contribution in [2.75, 3.05) is 24.7 Å². The first-order valence-electron chi connectivity index (χ1n) is 7.37. The zero-order valence-electron chi connectivity index (χ0n) is 14.2. The third-order valence-electron chi connectivity index (χ3n) is 3.28. The molecule has 0 radical (unpaired) electrons. The van der Waals surface area contributed by atoms with E-state index in [2.05, 4.69) is 15.6 Å². The molecule has 13 heteroatoms. The summed E-state index contributed by atoms with van der Waals surface area (Å²) in [6.45, 7) is 0.657. The number of sulfone groups is 1. The quantitative estimate of drug-likeness (QED) is 0.316. The fourth-order valence-electron chi connectivity index (χ4n) is 2.02. The summed E-state index contributed by atoms with van der Waals surface area (Å²) >= 11 is 1.29. The lowest BCUT2D eigenvalue weighted by molar-refractivity contribution is -0.384. The van der Waals surface area contributed by atoms with Crippen LogP contribution in [-0.2, 0) is 16.4 Å². The Balaban J connectivity index is 0.00000364. The molecule has 0 saturated carbocycles. The van der Waals surface area contributed by atoms with Gasteiger partial charge in [0.2, 0.25) is 0 Å². The van der Waals surface area contributed by atoms with E-state index in [9.17, 15) is 23.3 Å². The van der Waals surface area contributed by atoms with Gasteiger partial charge >= 0.3 is 0 Å². The van der Waals surface area contributed by atoms with Crippen molar-refractivity contribution >= 4 is 50.9 Å². The molecule has 0 fully saturated rings. The fourth-order valence-corrected chi connectivity index (χ4v) is 3.31. The molecule has 0 aliphatic carbocycles. The molecule has 1 aromatic carbocycles. The average molecular weight is 436 g/mol. The van der Waals surface area contributed by atoms with Gasteiger partial charge in [-0.1, -0.05) is 0 Å². The van der Waals surface area contributed by atoms with Gasteiger partial charge in [-0.2, -0.15) is 0 Å². The third-order valence-corrected chi connectivity index (χ3v) is 5.26. The van der Waals surface area contributed by atoms with Crippen LogP contribution in [0.3, 0.4) is 0 Å². The number of benzene rings is 1. The largest absolute Gasteiger partial charge is 0.378 e. The number of nitrogens with zero attached hydrogens (tertiary/aromatic N) is 2. The van der Waals surface area contributed by atoms with Gasteiger partial charge in [-0.3, -0.25) is 14.9 Å². The highest BCUT2D eigenvalue weighted by molar-refractivity contribution is 7.90. The standard InChI is InChI=1S/C14H17N5O5S2.ClH/c1-26(23,24)9-2-3-10(12(6-9)19(21)22)16-4-5-17-14(20)11-8-25-13(7-15)18-11;/h2-3,6,8,16H,4-5,7,15H2,1H3,(H,17,20);1H. The van der Waals surface area contributed by atoms with E-state index in [1.54, 1.807) is 5.38 Å². The number of thiazole rings is 1. The van der Waals surface area contributed by atoms with Crippen LogP contribution >= 0.6 is 23.7 Å². The number of nitrogens with two attached hydrogens (primary N) is 1. The number of nitro groups is 1. The SMILES string of the molecule is CS(=O)(=O)c1ccc(NCCNC(=O)c2csc(CN)n2)c([N+](=O)[O-])c1.Cl. The van der Waals surface area contributed by atoms with E-state index in [1.165, 1.54) is 23.5 Å². The van der Waals surface area contributed by atoms with Crippen molar-refractivity contribution in [3.05, 3.63) is 44.4 Å². The first kappa shape index (κ1) is 22.8. The summed E-state index contributed by atoms with van der Waals surface area (Å²) in [6.07, 6.45) is 0.975. The average Bonchev–Trinajstić information content (AvgIpc) is 3.06. The number of nitro benzene ring substituents is 1. The minimum atomic E-state index is -3.55. The summed E-state index contributed by atoms with van der Waals surface area (Å²) in [5.74, 6) is -0.371. The predicted molar refractivity (Wildman–Crippen MR) is 104 cm³/mol. The molecule has 4 N–H and O–H groups in total. The lowest BCUT2D eigenvalue weighted by Crippen LogP contribution is -2.29. The summed E-state index contributed by atoms with van der Waals surface area (Å²) in [4.78, 5) is 26.3. The molecule has 2 rings (SSSR count). The third kappa shape index (κ3) is 6.13. The number of hydrogen-bond donors (Lipinski definition) is 3. The second-order valence-electron chi connectivity index (χ2n) is 5.22. The highest BCUT2D eigenvalue weighted by Gasteiger charge is 2.18. The number of hydrogen-bond acceptors (Lipinski definition) is 9. The molecule has 0 spiro atoms. The van der Waals surface area contributed by atoms with E-state index in [-0.39, 0.29) is 59.9 Å². The fraction of sp³-hybridized carbons (Fsp3) is 0.286. The topological polar surface area (TPSA) is 157 Å². The van der Waals surface area contributed by atoms with E-state index >= 15 is 0 Å². The maximum absolute atomic E-state index is 11.9.